The van der Waals surface area contributed by atoms with E-state index in [1.165, 1.54) is 11.3 Å². The molecule has 1 saturated carbocycles. The number of aromatic nitrogens is 1. The number of amides is 4. The van der Waals surface area contributed by atoms with Crippen LogP contribution >= 0.6 is 11.3 Å². The molecule has 4 amide bonds. The van der Waals surface area contributed by atoms with Gasteiger partial charge in [0.15, 0.2) is 5.13 Å². The number of thiazole rings is 1. The zero-order valence-corrected chi connectivity index (χ0v) is 15.0. The quantitative estimate of drug-likeness (QED) is 0.723. The molecule has 0 aromatic carbocycles. The minimum absolute atomic E-state index is 0.0675. The van der Waals surface area contributed by atoms with Gasteiger partial charge in [0.2, 0.25) is 11.8 Å². The van der Waals surface area contributed by atoms with Gasteiger partial charge >= 0.3 is 6.03 Å². The minimum Gasteiger partial charge on any atom is -0.359 e. The number of anilines is 1. The van der Waals surface area contributed by atoms with Crippen molar-refractivity contribution in [2.45, 2.75) is 38.1 Å². The zero-order valence-electron chi connectivity index (χ0n) is 14.2. The summed E-state index contributed by atoms with van der Waals surface area (Å²) in [6.45, 7) is 1.12. The molecule has 136 valence electrons. The number of urea groups is 1. The summed E-state index contributed by atoms with van der Waals surface area (Å²) in [4.78, 5) is 42.0. The van der Waals surface area contributed by atoms with E-state index < -0.39 is 0 Å². The molecule has 0 radical (unpaired) electrons. The van der Waals surface area contributed by atoms with Gasteiger partial charge in [-0.2, -0.15) is 0 Å². The lowest BCUT2D eigenvalue weighted by Crippen LogP contribution is -2.48. The summed E-state index contributed by atoms with van der Waals surface area (Å²) in [5.74, 6) is -0.470. The van der Waals surface area contributed by atoms with Gasteiger partial charge in [0.25, 0.3) is 0 Å². The van der Waals surface area contributed by atoms with Crippen molar-refractivity contribution < 1.29 is 14.4 Å². The van der Waals surface area contributed by atoms with Gasteiger partial charge in [-0.15, -0.1) is 11.3 Å². The molecule has 1 atom stereocenters. The highest BCUT2D eigenvalue weighted by Gasteiger charge is 2.31. The number of likely N-dealkylation sites (N-methyl/N-ethyl adjacent to an activating group) is 1. The number of hydrogen-bond acceptors (Lipinski definition) is 5. The van der Waals surface area contributed by atoms with Crippen molar-refractivity contribution in [2.24, 2.45) is 5.92 Å². The van der Waals surface area contributed by atoms with Gasteiger partial charge in [-0.3, -0.25) is 9.59 Å². The summed E-state index contributed by atoms with van der Waals surface area (Å²) in [5.41, 5.74) is 0.633. The van der Waals surface area contributed by atoms with Crippen molar-refractivity contribution >= 4 is 34.3 Å². The molecule has 1 saturated heterocycles. The topological polar surface area (TPSA) is 103 Å². The zero-order chi connectivity index (χ0) is 17.8. The smallest absolute Gasteiger partial charge is 0.317 e. The molecule has 0 spiro atoms. The number of likely N-dealkylation sites (tertiary alicyclic amines) is 1. The van der Waals surface area contributed by atoms with E-state index in [4.69, 9.17) is 0 Å². The second kappa shape index (κ2) is 7.81. The number of nitrogens with zero attached hydrogens (tertiary/aromatic N) is 2. The summed E-state index contributed by atoms with van der Waals surface area (Å²) in [6, 6.07) is 0.248. The molecule has 3 N–H and O–H groups in total. The van der Waals surface area contributed by atoms with E-state index in [1.54, 1.807) is 17.3 Å². The number of nitrogens with one attached hydrogen (secondary N) is 3. The Hall–Kier alpha value is -2.16. The maximum atomic E-state index is 12.5. The van der Waals surface area contributed by atoms with Gasteiger partial charge in [0.1, 0.15) is 0 Å². The Kier molecular flexibility index (Phi) is 5.52. The Balaban J connectivity index is 1.51. The number of carbonyl (C=O) groups is 3. The first-order valence-corrected chi connectivity index (χ1v) is 9.44. The largest absolute Gasteiger partial charge is 0.359 e. The lowest BCUT2D eigenvalue weighted by Gasteiger charge is -2.31. The van der Waals surface area contributed by atoms with Gasteiger partial charge in [0.05, 0.1) is 18.0 Å². The molecule has 1 aromatic heterocycles. The summed E-state index contributed by atoms with van der Waals surface area (Å²) in [6.07, 6.45) is 3.87. The van der Waals surface area contributed by atoms with Crippen LogP contribution in [0.15, 0.2) is 5.38 Å². The van der Waals surface area contributed by atoms with Crippen LogP contribution in [0.4, 0.5) is 9.93 Å². The van der Waals surface area contributed by atoms with Crippen molar-refractivity contribution in [3.63, 3.8) is 0 Å². The fourth-order valence-electron chi connectivity index (χ4n) is 2.78. The van der Waals surface area contributed by atoms with Crippen LogP contribution in [0.3, 0.4) is 0 Å². The van der Waals surface area contributed by atoms with Gasteiger partial charge in [-0.25, -0.2) is 9.78 Å². The van der Waals surface area contributed by atoms with Gasteiger partial charge in [-0.05, 0) is 25.7 Å². The van der Waals surface area contributed by atoms with Crippen molar-refractivity contribution in [3.05, 3.63) is 11.1 Å². The molecule has 1 aliphatic heterocycles. The van der Waals surface area contributed by atoms with Crippen LogP contribution in [0.5, 0.6) is 0 Å². The van der Waals surface area contributed by atoms with Crippen LogP contribution in [0.2, 0.25) is 0 Å². The molecule has 1 aromatic rings. The monoisotopic (exact) mass is 365 g/mol. The van der Waals surface area contributed by atoms with E-state index in [-0.39, 0.29) is 30.2 Å². The Morgan fingerprint density at radius 1 is 1.32 bits per heavy atom. The summed E-state index contributed by atoms with van der Waals surface area (Å²) in [5, 5.41) is 10.6. The van der Waals surface area contributed by atoms with E-state index in [0.717, 1.165) is 25.7 Å². The Labute approximate surface area is 150 Å². The molecule has 0 bridgehead atoms. The lowest BCUT2D eigenvalue weighted by atomic mass is 9.97. The van der Waals surface area contributed by atoms with Crippen LogP contribution in [0, 0.1) is 5.92 Å². The second-order valence-electron chi connectivity index (χ2n) is 6.49. The molecule has 2 heterocycles. The lowest BCUT2D eigenvalue weighted by molar-refractivity contribution is -0.121. The predicted molar refractivity (Wildman–Crippen MR) is 94.4 cm³/mol. The highest BCUT2D eigenvalue weighted by Crippen LogP contribution is 2.23. The Morgan fingerprint density at radius 3 is 2.84 bits per heavy atom. The molecular weight excluding hydrogens is 342 g/mol. The molecule has 25 heavy (non-hydrogen) atoms. The molecule has 1 unspecified atom stereocenters. The minimum atomic E-state index is -0.231. The van der Waals surface area contributed by atoms with E-state index in [2.05, 4.69) is 20.9 Å². The Bertz CT molecular complexity index is 658. The Morgan fingerprint density at radius 2 is 2.12 bits per heavy atom. The predicted octanol–water partition coefficient (Wildman–Crippen LogP) is 0.954. The summed E-state index contributed by atoms with van der Waals surface area (Å²) < 4.78 is 0. The molecule has 2 fully saturated rings. The SMILES string of the molecule is CNC(=O)Cc1csc(NC(=O)C2CCCN(C(=O)NC3CC3)C2)n1. The number of hydrogen-bond donors (Lipinski definition) is 3. The van der Waals surface area contributed by atoms with Crippen LogP contribution in [0.25, 0.3) is 0 Å². The maximum Gasteiger partial charge on any atom is 0.317 e. The highest BCUT2D eigenvalue weighted by molar-refractivity contribution is 7.13. The third-order valence-electron chi connectivity index (χ3n) is 4.39. The maximum absolute atomic E-state index is 12.5. The number of rotatable bonds is 5. The summed E-state index contributed by atoms with van der Waals surface area (Å²) >= 11 is 1.30. The molecule has 1 aliphatic carbocycles. The molecule has 2 aliphatic rings. The summed E-state index contributed by atoms with van der Waals surface area (Å²) in [7, 11) is 1.57. The van der Waals surface area contributed by atoms with Crippen LogP contribution in [0.1, 0.15) is 31.4 Å². The van der Waals surface area contributed by atoms with Crippen LogP contribution in [-0.2, 0) is 16.0 Å². The van der Waals surface area contributed by atoms with Gasteiger partial charge in [0, 0.05) is 31.6 Å². The molecule has 3 rings (SSSR count). The first-order chi connectivity index (χ1) is 12.0. The average molecular weight is 365 g/mol. The highest BCUT2D eigenvalue weighted by atomic mass is 32.1. The number of piperidine rings is 1. The average Bonchev–Trinajstić information content (AvgIpc) is 3.33. The first kappa shape index (κ1) is 17.7. The van der Waals surface area contributed by atoms with Crippen molar-refractivity contribution in [1.29, 1.82) is 0 Å². The van der Waals surface area contributed by atoms with Crippen LogP contribution < -0.4 is 16.0 Å². The van der Waals surface area contributed by atoms with E-state index >= 15 is 0 Å². The normalized spacial score (nSPS) is 20.0. The molecule has 9 heteroatoms. The van der Waals surface area contributed by atoms with E-state index in [0.29, 0.717) is 30.0 Å². The van der Waals surface area contributed by atoms with E-state index in [9.17, 15) is 14.4 Å². The van der Waals surface area contributed by atoms with Crippen molar-refractivity contribution in [3.8, 4) is 0 Å². The molecular formula is C16H23N5O3S. The second-order valence-corrected chi connectivity index (χ2v) is 7.35. The van der Waals surface area contributed by atoms with Crippen molar-refractivity contribution in [1.82, 2.24) is 20.5 Å². The third-order valence-corrected chi connectivity index (χ3v) is 5.19. The van der Waals surface area contributed by atoms with Crippen LogP contribution in [-0.4, -0.2) is 53.9 Å². The molecule has 8 nitrogen and oxygen atoms in total. The van der Waals surface area contributed by atoms with Gasteiger partial charge < -0.3 is 20.9 Å². The van der Waals surface area contributed by atoms with Gasteiger partial charge in [-0.1, -0.05) is 0 Å². The third kappa shape index (κ3) is 4.91. The fourth-order valence-corrected chi connectivity index (χ4v) is 3.49. The number of carbonyl (C=O) groups excluding carboxylic acids is 3. The first-order valence-electron chi connectivity index (χ1n) is 8.56. The fraction of sp³-hybridized carbons (Fsp3) is 0.625. The van der Waals surface area contributed by atoms with E-state index in [1.807, 2.05) is 0 Å². The van der Waals surface area contributed by atoms with Crippen molar-refractivity contribution in [2.75, 3.05) is 25.5 Å². The standard InChI is InChI=1S/C16H23N5O3S/c1-17-13(22)7-12-9-25-15(18-12)20-14(23)10-3-2-6-21(8-10)16(24)19-11-4-5-11/h9-11H,2-8H2,1H3,(H,17,22)(H,19,24)(H,18,20,23).